The van der Waals surface area contributed by atoms with E-state index in [1.54, 1.807) is 11.8 Å². The van der Waals surface area contributed by atoms with Crippen molar-refractivity contribution in [2.45, 2.75) is 51.0 Å². The van der Waals surface area contributed by atoms with Gasteiger partial charge in [0.15, 0.2) is 0 Å². The number of benzene rings is 2. The Bertz CT molecular complexity index is 686. The lowest BCUT2D eigenvalue weighted by Gasteiger charge is -2.21. The Kier molecular flexibility index (Phi) is 6.11. The van der Waals surface area contributed by atoms with Crippen LogP contribution in [-0.2, 0) is 5.41 Å². The molecule has 0 aromatic heterocycles. The van der Waals surface area contributed by atoms with Crippen molar-refractivity contribution >= 4 is 17.7 Å². The van der Waals surface area contributed by atoms with Crippen LogP contribution >= 0.6 is 11.8 Å². The molecule has 0 heterocycles. The van der Waals surface area contributed by atoms with Gasteiger partial charge in [-0.25, -0.2) is 0 Å². The van der Waals surface area contributed by atoms with Crippen molar-refractivity contribution in [2.75, 3.05) is 5.75 Å². The minimum absolute atomic E-state index is 0.0149. The van der Waals surface area contributed by atoms with Gasteiger partial charge in [0.2, 0.25) is 0 Å². The van der Waals surface area contributed by atoms with E-state index >= 15 is 0 Å². The fourth-order valence-corrected chi connectivity index (χ4v) is 3.37. The van der Waals surface area contributed by atoms with Crippen LogP contribution in [0.3, 0.4) is 0 Å². The minimum atomic E-state index is -0.0220. The molecule has 2 nitrogen and oxygen atoms in total. The van der Waals surface area contributed by atoms with Crippen LogP contribution in [0.4, 0.5) is 0 Å². The van der Waals surface area contributed by atoms with Crippen LogP contribution in [0.1, 0.15) is 62.1 Å². The summed E-state index contributed by atoms with van der Waals surface area (Å²) in [5.41, 5.74) is 3.32. The highest BCUT2D eigenvalue weighted by Crippen LogP contribution is 2.25. The first-order valence-electron chi connectivity index (χ1n) is 8.46. The van der Waals surface area contributed by atoms with E-state index in [1.807, 2.05) is 31.2 Å². The van der Waals surface area contributed by atoms with Crippen LogP contribution in [0.15, 0.2) is 53.4 Å². The zero-order chi connectivity index (χ0) is 17.7. The monoisotopic (exact) mass is 341 g/mol. The van der Waals surface area contributed by atoms with Crippen LogP contribution in [0.2, 0.25) is 0 Å². The van der Waals surface area contributed by atoms with Gasteiger partial charge in [0, 0.05) is 4.90 Å². The summed E-state index contributed by atoms with van der Waals surface area (Å²) in [5, 5.41) is 3.12. The predicted molar refractivity (Wildman–Crippen MR) is 104 cm³/mol. The van der Waals surface area contributed by atoms with Gasteiger partial charge in [-0.2, -0.15) is 0 Å². The molecular formula is C21H27NOS. The summed E-state index contributed by atoms with van der Waals surface area (Å²) in [4.78, 5) is 13.7. The Morgan fingerprint density at radius 3 is 2.29 bits per heavy atom. The quantitative estimate of drug-likeness (QED) is 0.719. The molecular weight excluding hydrogens is 314 g/mol. The smallest absolute Gasteiger partial charge is 0.252 e. The second kappa shape index (κ2) is 7.89. The molecule has 0 saturated carbocycles. The third-order valence-electron chi connectivity index (χ3n) is 4.06. The summed E-state index contributed by atoms with van der Waals surface area (Å²) in [5.74, 6) is 0.938. The number of rotatable bonds is 5. The summed E-state index contributed by atoms with van der Waals surface area (Å²) in [6.45, 7) is 10.7. The molecule has 2 aromatic carbocycles. The Balaban J connectivity index is 2.12. The summed E-state index contributed by atoms with van der Waals surface area (Å²) < 4.78 is 0. The van der Waals surface area contributed by atoms with Crippen LogP contribution in [0, 0.1) is 0 Å². The summed E-state index contributed by atoms with van der Waals surface area (Å²) in [7, 11) is 0. The third kappa shape index (κ3) is 4.64. The van der Waals surface area contributed by atoms with Crippen molar-refractivity contribution < 1.29 is 4.79 Å². The predicted octanol–water partition coefficient (Wildman–Crippen LogP) is 5.59. The van der Waals surface area contributed by atoms with E-state index in [9.17, 15) is 4.79 Å². The molecule has 0 fully saturated rings. The normalized spacial score (nSPS) is 12.7. The van der Waals surface area contributed by atoms with Gasteiger partial charge in [-0.3, -0.25) is 4.79 Å². The maximum atomic E-state index is 12.6. The Morgan fingerprint density at radius 2 is 1.71 bits per heavy atom. The largest absolute Gasteiger partial charge is 0.345 e. The summed E-state index contributed by atoms with van der Waals surface area (Å²) in [6.07, 6.45) is 0. The first-order chi connectivity index (χ1) is 11.3. The number of hydrogen-bond donors (Lipinski definition) is 1. The molecule has 0 unspecified atom stereocenters. The summed E-state index contributed by atoms with van der Waals surface area (Å²) in [6, 6.07) is 16.3. The zero-order valence-corrected chi connectivity index (χ0v) is 16.0. The molecule has 2 aromatic rings. The molecule has 2 rings (SSSR count). The first-order valence-corrected chi connectivity index (χ1v) is 9.44. The highest BCUT2D eigenvalue weighted by Gasteiger charge is 2.16. The number of carbonyl (C=O) groups excluding carboxylic acids is 1. The van der Waals surface area contributed by atoms with Crippen LogP contribution in [0.5, 0.6) is 0 Å². The van der Waals surface area contributed by atoms with Gasteiger partial charge in [0.1, 0.15) is 0 Å². The van der Waals surface area contributed by atoms with E-state index < -0.39 is 0 Å². The van der Waals surface area contributed by atoms with Gasteiger partial charge < -0.3 is 5.32 Å². The number of hydrogen-bond acceptors (Lipinski definition) is 2. The lowest BCUT2D eigenvalue weighted by molar-refractivity contribution is 0.0937. The van der Waals surface area contributed by atoms with E-state index in [0.717, 1.165) is 21.8 Å². The molecule has 3 heteroatoms. The van der Waals surface area contributed by atoms with Gasteiger partial charge in [0.25, 0.3) is 5.91 Å². The SMILES string of the molecule is CCSc1ccccc1C(=O)N[C@@H](C)c1ccc(C(C)(C)C)cc1. The van der Waals surface area contributed by atoms with Crippen LogP contribution in [-0.4, -0.2) is 11.7 Å². The second-order valence-electron chi connectivity index (χ2n) is 7.00. The topological polar surface area (TPSA) is 29.1 Å². The van der Waals surface area contributed by atoms with Gasteiger partial charge in [-0.15, -0.1) is 11.8 Å². The molecule has 0 aliphatic rings. The van der Waals surface area contributed by atoms with Crippen LogP contribution in [0.25, 0.3) is 0 Å². The molecule has 1 amide bonds. The molecule has 0 saturated heterocycles. The van der Waals surface area contributed by atoms with Crippen LogP contribution < -0.4 is 5.32 Å². The van der Waals surface area contributed by atoms with Gasteiger partial charge in [-0.1, -0.05) is 64.1 Å². The minimum Gasteiger partial charge on any atom is -0.345 e. The summed E-state index contributed by atoms with van der Waals surface area (Å²) >= 11 is 1.70. The highest BCUT2D eigenvalue weighted by atomic mass is 32.2. The van der Waals surface area contributed by atoms with Crippen molar-refractivity contribution in [3.63, 3.8) is 0 Å². The fourth-order valence-electron chi connectivity index (χ4n) is 2.57. The Morgan fingerprint density at radius 1 is 1.08 bits per heavy atom. The number of amides is 1. The lowest BCUT2D eigenvalue weighted by atomic mass is 9.86. The van der Waals surface area contributed by atoms with Crippen molar-refractivity contribution in [2.24, 2.45) is 0 Å². The van der Waals surface area contributed by atoms with Gasteiger partial charge in [0.05, 0.1) is 11.6 Å². The van der Waals surface area contributed by atoms with Crippen molar-refractivity contribution in [3.8, 4) is 0 Å². The van der Waals surface area contributed by atoms with E-state index in [4.69, 9.17) is 0 Å². The molecule has 128 valence electrons. The Hall–Kier alpha value is -1.74. The van der Waals surface area contributed by atoms with Crippen molar-refractivity contribution in [1.82, 2.24) is 5.32 Å². The third-order valence-corrected chi connectivity index (χ3v) is 5.01. The number of nitrogens with one attached hydrogen (secondary N) is 1. The van der Waals surface area contributed by atoms with E-state index in [2.05, 4.69) is 57.3 Å². The number of carbonyl (C=O) groups is 1. The highest BCUT2D eigenvalue weighted by molar-refractivity contribution is 7.99. The van der Waals surface area contributed by atoms with E-state index in [-0.39, 0.29) is 17.4 Å². The average Bonchev–Trinajstić information content (AvgIpc) is 2.55. The van der Waals surface area contributed by atoms with E-state index in [0.29, 0.717) is 0 Å². The van der Waals surface area contributed by atoms with Crippen molar-refractivity contribution in [3.05, 3.63) is 65.2 Å². The molecule has 1 N–H and O–H groups in total. The molecule has 0 aliphatic carbocycles. The fraction of sp³-hybridized carbons (Fsp3) is 0.381. The standard InChI is InChI=1S/C21H27NOS/c1-6-24-19-10-8-7-9-18(19)20(23)22-15(2)16-11-13-17(14-12-16)21(3,4)5/h7-15H,6H2,1-5H3,(H,22,23)/t15-/m0/s1. The maximum Gasteiger partial charge on any atom is 0.252 e. The Labute approximate surface area is 150 Å². The van der Waals surface area contributed by atoms with Gasteiger partial charge in [-0.05, 0) is 41.4 Å². The zero-order valence-electron chi connectivity index (χ0n) is 15.2. The average molecular weight is 342 g/mol. The molecule has 0 bridgehead atoms. The number of thioether (sulfide) groups is 1. The molecule has 0 spiro atoms. The van der Waals surface area contributed by atoms with E-state index in [1.165, 1.54) is 5.56 Å². The molecule has 0 aliphatic heterocycles. The molecule has 0 radical (unpaired) electrons. The lowest BCUT2D eigenvalue weighted by Crippen LogP contribution is -2.27. The second-order valence-corrected chi connectivity index (χ2v) is 8.30. The van der Waals surface area contributed by atoms with Crippen molar-refractivity contribution in [1.29, 1.82) is 0 Å². The van der Waals surface area contributed by atoms with Gasteiger partial charge >= 0.3 is 0 Å². The maximum absolute atomic E-state index is 12.6. The molecule has 24 heavy (non-hydrogen) atoms. The molecule has 1 atom stereocenters. The first kappa shape index (κ1) is 18.6.